The van der Waals surface area contributed by atoms with E-state index in [1.165, 1.54) is 18.3 Å². The summed E-state index contributed by atoms with van der Waals surface area (Å²) < 4.78 is 19.5. The number of hydrogen-bond acceptors (Lipinski definition) is 5. The standard InChI is InChI=1S/C18H13Cl2FN4O2/c19-11-8-12(20)13(21)7-10(11)16-9-25(5-6-27-16)18(26)15-2-1-14-17(24-15)23-4-3-22-14/h1-4,7-8,16H,5-6,9H2. The molecule has 1 unspecified atom stereocenters. The van der Waals surface area contributed by atoms with Crippen LogP contribution in [0.2, 0.25) is 10.0 Å². The molecule has 0 bridgehead atoms. The predicted octanol–water partition coefficient (Wildman–Crippen LogP) is 3.68. The molecule has 3 heterocycles. The van der Waals surface area contributed by atoms with Crippen LogP contribution in [0.3, 0.4) is 0 Å². The number of carbonyl (C=O) groups excluding carboxylic acids is 1. The van der Waals surface area contributed by atoms with Crippen LogP contribution in [-0.4, -0.2) is 45.5 Å². The van der Waals surface area contributed by atoms with E-state index in [9.17, 15) is 9.18 Å². The molecule has 0 N–H and O–H groups in total. The van der Waals surface area contributed by atoms with Gasteiger partial charge in [-0.3, -0.25) is 9.78 Å². The monoisotopic (exact) mass is 406 g/mol. The third-order valence-electron chi connectivity index (χ3n) is 4.29. The number of nitrogens with zero attached hydrogens (tertiary/aromatic N) is 4. The number of ether oxygens (including phenoxy) is 1. The van der Waals surface area contributed by atoms with Gasteiger partial charge in [0.1, 0.15) is 23.1 Å². The van der Waals surface area contributed by atoms with Gasteiger partial charge in [0.25, 0.3) is 5.91 Å². The number of morpholine rings is 1. The number of rotatable bonds is 2. The van der Waals surface area contributed by atoms with E-state index in [4.69, 9.17) is 27.9 Å². The van der Waals surface area contributed by atoms with E-state index >= 15 is 0 Å². The molecule has 1 aromatic carbocycles. The SMILES string of the molecule is O=C(c1ccc2nccnc2n1)N1CCOC(c2cc(F)c(Cl)cc2Cl)C1. The van der Waals surface area contributed by atoms with Crippen LogP contribution in [0.4, 0.5) is 4.39 Å². The number of aromatic nitrogens is 3. The maximum atomic E-state index is 13.8. The number of pyridine rings is 1. The summed E-state index contributed by atoms with van der Waals surface area (Å²) in [6.45, 7) is 0.910. The van der Waals surface area contributed by atoms with Gasteiger partial charge >= 0.3 is 0 Å². The van der Waals surface area contributed by atoms with Crippen molar-refractivity contribution in [3.8, 4) is 0 Å². The number of halogens is 3. The van der Waals surface area contributed by atoms with Crippen molar-refractivity contribution in [3.05, 3.63) is 63.8 Å². The molecule has 0 saturated carbocycles. The second-order valence-electron chi connectivity index (χ2n) is 5.99. The fourth-order valence-electron chi connectivity index (χ4n) is 2.94. The lowest BCUT2D eigenvalue weighted by Crippen LogP contribution is -2.42. The zero-order chi connectivity index (χ0) is 19.0. The molecule has 9 heteroatoms. The summed E-state index contributed by atoms with van der Waals surface area (Å²) >= 11 is 11.9. The molecule has 1 amide bonds. The zero-order valence-electron chi connectivity index (χ0n) is 13.9. The van der Waals surface area contributed by atoms with Crippen LogP contribution in [-0.2, 0) is 4.74 Å². The lowest BCUT2D eigenvalue weighted by Gasteiger charge is -2.33. The molecule has 1 aliphatic heterocycles. The molecular weight excluding hydrogens is 394 g/mol. The highest BCUT2D eigenvalue weighted by Crippen LogP contribution is 2.32. The van der Waals surface area contributed by atoms with Crippen LogP contribution in [0, 0.1) is 5.82 Å². The molecular formula is C18H13Cl2FN4O2. The third-order valence-corrected chi connectivity index (χ3v) is 4.91. The highest BCUT2D eigenvalue weighted by atomic mass is 35.5. The van der Waals surface area contributed by atoms with Crippen molar-refractivity contribution in [1.29, 1.82) is 0 Å². The maximum Gasteiger partial charge on any atom is 0.272 e. The molecule has 6 nitrogen and oxygen atoms in total. The van der Waals surface area contributed by atoms with Crippen molar-refractivity contribution in [2.45, 2.75) is 6.10 Å². The number of amides is 1. The Balaban J connectivity index is 1.58. The zero-order valence-corrected chi connectivity index (χ0v) is 15.4. The number of fused-ring (bicyclic) bond motifs is 1. The summed E-state index contributed by atoms with van der Waals surface area (Å²) in [6, 6.07) is 5.89. The third kappa shape index (κ3) is 3.58. The van der Waals surface area contributed by atoms with E-state index in [0.717, 1.165) is 0 Å². The van der Waals surface area contributed by atoms with Crippen molar-refractivity contribution < 1.29 is 13.9 Å². The number of benzene rings is 1. The van der Waals surface area contributed by atoms with Gasteiger partial charge in [-0.1, -0.05) is 23.2 Å². The first kappa shape index (κ1) is 18.0. The minimum atomic E-state index is -0.585. The molecule has 0 radical (unpaired) electrons. The number of carbonyl (C=O) groups is 1. The summed E-state index contributed by atoms with van der Waals surface area (Å²) in [7, 11) is 0. The van der Waals surface area contributed by atoms with Crippen molar-refractivity contribution in [2.75, 3.05) is 19.7 Å². The van der Waals surface area contributed by atoms with Gasteiger partial charge in [-0.25, -0.2) is 14.4 Å². The van der Waals surface area contributed by atoms with E-state index < -0.39 is 11.9 Å². The van der Waals surface area contributed by atoms with Gasteiger partial charge in [0.15, 0.2) is 5.65 Å². The molecule has 1 fully saturated rings. The molecule has 1 saturated heterocycles. The van der Waals surface area contributed by atoms with E-state index in [1.54, 1.807) is 23.2 Å². The molecule has 3 aromatic rings. The summed E-state index contributed by atoms with van der Waals surface area (Å²) in [6.07, 6.45) is 2.53. The van der Waals surface area contributed by atoms with Crippen LogP contribution in [0.5, 0.6) is 0 Å². The summed E-state index contributed by atoms with van der Waals surface area (Å²) in [4.78, 5) is 27.0. The Morgan fingerprint density at radius 1 is 1.19 bits per heavy atom. The predicted molar refractivity (Wildman–Crippen MR) is 98.3 cm³/mol. The van der Waals surface area contributed by atoms with Crippen molar-refractivity contribution in [2.24, 2.45) is 0 Å². The maximum absolute atomic E-state index is 13.8. The van der Waals surface area contributed by atoms with E-state index in [0.29, 0.717) is 34.9 Å². The van der Waals surface area contributed by atoms with Gasteiger partial charge in [-0.2, -0.15) is 0 Å². The van der Waals surface area contributed by atoms with Gasteiger partial charge in [0, 0.05) is 29.5 Å². The van der Waals surface area contributed by atoms with Crippen LogP contribution < -0.4 is 0 Å². The van der Waals surface area contributed by atoms with Crippen LogP contribution >= 0.6 is 23.2 Å². The van der Waals surface area contributed by atoms with Gasteiger partial charge in [0.05, 0.1) is 18.2 Å². The molecule has 0 spiro atoms. The Kier molecular flexibility index (Phi) is 4.90. The first-order valence-corrected chi connectivity index (χ1v) is 8.91. The van der Waals surface area contributed by atoms with Crippen LogP contribution in [0.25, 0.3) is 11.2 Å². The Hall–Kier alpha value is -2.35. The fraction of sp³-hybridized carbons (Fsp3) is 0.222. The Labute approximate surface area is 163 Å². The summed E-state index contributed by atoms with van der Waals surface area (Å²) in [5.41, 5.74) is 1.72. The molecule has 0 aliphatic carbocycles. The smallest absolute Gasteiger partial charge is 0.272 e. The largest absolute Gasteiger partial charge is 0.370 e. The summed E-state index contributed by atoms with van der Waals surface area (Å²) in [5, 5.41) is 0.230. The first-order chi connectivity index (χ1) is 13.0. The molecule has 2 aromatic heterocycles. The lowest BCUT2D eigenvalue weighted by atomic mass is 10.1. The van der Waals surface area contributed by atoms with E-state index in [1.807, 2.05) is 0 Å². The van der Waals surface area contributed by atoms with Gasteiger partial charge in [0.2, 0.25) is 0 Å². The fourth-order valence-corrected chi connectivity index (χ4v) is 3.45. The Bertz CT molecular complexity index is 1030. The quantitative estimate of drug-likeness (QED) is 0.607. The average Bonchev–Trinajstić information content (AvgIpc) is 2.70. The Morgan fingerprint density at radius 3 is 2.85 bits per heavy atom. The normalized spacial score (nSPS) is 17.3. The van der Waals surface area contributed by atoms with Gasteiger partial charge in [-0.15, -0.1) is 0 Å². The second kappa shape index (κ2) is 7.34. The highest BCUT2D eigenvalue weighted by molar-refractivity contribution is 6.35. The van der Waals surface area contributed by atoms with E-state index in [2.05, 4.69) is 15.0 Å². The lowest BCUT2D eigenvalue weighted by molar-refractivity contribution is -0.0230. The van der Waals surface area contributed by atoms with Gasteiger partial charge < -0.3 is 9.64 Å². The first-order valence-electron chi connectivity index (χ1n) is 8.16. The molecule has 1 aliphatic rings. The minimum Gasteiger partial charge on any atom is -0.370 e. The summed E-state index contributed by atoms with van der Waals surface area (Å²) in [5.74, 6) is -0.848. The molecule has 1 atom stereocenters. The molecule has 138 valence electrons. The minimum absolute atomic E-state index is 0.0611. The van der Waals surface area contributed by atoms with Gasteiger partial charge in [-0.05, 0) is 24.3 Å². The molecule has 27 heavy (non-hydrogen) atoms. The Morgan fingerprint density at radius 2 is 2.00 bits per heavy atom. The van der Waals surface area contributed by atoms with Crippen molar-refractivity contribution in [3.63, 3.8) is 0 Å². The molecule has 4 rings (SSSR count). The second-order valence-corrected chi connectivity index (χ2v) is 6.81. The topological polar surface area (TPSA) is 68.2 Å². The van der Waals surface area contributed by atoms with Crippen molar-refractivity contribution in [1.82, 2.24) is 19.9 Å². The van der Waals surface area contributed by atoms with Crippen molar-refractivity contribution >= 4 is 40.3 Å². The highest BCUT2D eigenvalue weighted by Gasteiger charge is 2.29. The average molecular weight is 407 g/mol. The number of hydrogen-bond donors (Lipinski definition) is 0. The van der Waals surface area contributed by atoms with Crippen LogP contribution in [0.15, 0.2) is 36.7 Å². The van der Waals surface area contributed by atoms with E-state index in [-0.39, 0.29) is 23.2 Å². The van der Waals surface area contributed by atoms with Crippen LogP contribution in [0.1, 0.15) is 22.2 Å².